The van der Waals surface area contributed by atoms with E-state index in [2.05, 4.69) is 16.4 Å². The summed E-state index contributed by atoms with van der Waals surface area (Å²) in [6.07, 6.45) is 1.82. The molecule has 0 bridgehead atoms. The zero-order chi connectivity index (χ0) is 13.9. The van der Waals surface area contributed by atoms with E-state index in [1.54, 1.807) is 4.57 Å². The summed E-state index contributed by atoms with van der Waals surface area (Å²) in [7, 11) is 0. The summed E-state index contributed by atoms with van der Waals surface area (Å²) in [5.41, 5.74) is 2.00. The van der Waals surface area contributed by atoms with Gasteiger partial charge < -0.3 is 9.88 Å². The molecule has 1 aromatic carbocycles. The maximum atomic E-state index is 11.7. The molecule has 0 atom stereocenters. The summed E-state index contributed by atoms with van der Waals surface area (Å²) < 4.78 is 1.71. The Morgan fingerprint density at radius 1 is 1.35 bits per heavy atom. The van der Waals surface area contributed by atoms with Crippen molar-refractivity contribution in [2.45, 2.75) is 13.5 Å². The van der Waals surface area contributed by atoms with Crippen molar-refractivity contribution >= 4 is 28.1 Å². The predicted molar refractivity (Wildman–Crippen MR) is 83.6 cm³/mol. The second-order valence-electron chi connectivity index (χ2n) is 4.52. The second kappa shape index (κ2) is 5.46. The lowest BCUT2D eigenvalue weighted by Gasteiger charge is -2.11. The van der Waals surface area contributed by atoms with Crippen molar-refractivity contribution in [1.29, 1.82) is 0 Å². The number of anilines is 1. The molecule has 102 valence electrons. The van der Waals surface area contributed by atoms with Gasteiger partial charge in [-0.25, -0.2) is 4.98 Å². The topological polar surface area (TPSA) is 46.9 Å². The van der Waals surface area contributed by atoms with Crippen molar-refractivity contribution in [3.05, 3.63) is 57.1 Å². The number of pyridine rings is 1. The number of rotatable bonds is 4. The van der Waals surface area contributed by atoms with Gasteiger partial charge in [-0.2, -0.15) is 0 Å². The fourth-order valence-electron chi connectivity index (χ4n) is 2.19. The number of para-hydroxylation sites is 1. The molecule has 1 N–H and O–H groups in total. The van der Waals surface area contributed by atoms with Gasteiger partial charge in [-0.3, -0.25) is 4.79 Å². The van der Waals surface area contributed by atoms with Crippen LogP contribution in [0.5, 0.6) is 0 Å². The van der Waals surface area contributed by atoms with Gasteiger partial charge >= 0.3 is 4.87 Å². The molecule has 0 amide bonds. The first-order chi connectivity index (χ1) is 9.78. The van der Waals surface area contributed by atoms with Gasteiger partial charge in [0.2, 0.25) is 0 Å². The summed E-state index contributed by atoms with van der Waals surface area (Å²) >= 11 is 1.21. The standard InChI is InChI=1S/C15H15N3OS/c1-2-16-14-12(10-18-7-8-20-15(18)19)9-11-5-3-4-6-13(11)17-14/h3-9H,2,10H2,1H3,(H,16,17). The summed E-state index contributed by atoms with van der Waals surface area (Å²) in [6.45, 7) is 3.39. The van der Waals surface area contributed by atoms with Gasteiger partial charge in [0.15, 0.2) is 0 Å². The minimum atomic E-state index is 0.0561. The SMILES string of the molecule is CCNc1nc2ccccc2cc1Cn1ccsc1=O. The summed E-state index contributed by atoms with van der Waals surface area (Å²) in [5.74, 6) is 0.851. The average Bonchev–Trinajstić information content (AvgIpc) is 2.85. The zero-order valence-electron chi connectivity index (χ0n) is 11.2. The highest BCUT2D eigenvalue weighted by Gasteiger charge is 2.08. The smallest absolute Gasteiger partial charge is 0.307 e. The van der Waals surface area contributed by atoms with Crippen LogP contribution in [0, 0.1) is 0 Å². The Morgan fingerprint density at radius 2 is 2.20 bits per heavy atom. The number of aromatic nitrogens is 2. The molecule has 2 heterocycles. The van der Waals surface area contributed by atoms with Crippen molar-refractivity contribution in [3.63, 3.8) is 0 Å². The van der Waals surface area contributed by atoms with Gasteiger partial charge in [0.1, 0.15) is 5.82 Å². The van der Waals surface area contributed by atoms with Gasteiger partial charge in [-0.1, -0.05) is 29.5 Å². The van der Waals surface area contributed by atoms with Gasteiger partial charge in [-0.05, 0) is 19.1 Å². The molecule has 0 spiro atoms. The Morgan fingerprint density at radius 3 is 2.95 bits per heavy atom. The number of nitrogens with one attached hydrogen (secondary N) is 1. The summed E-state index contributed by atoms with van der Waals surface area (Å²) in [5, 5.41) is 6.18. The lowest BCUT2D eigenvalue weighted by Crippen LogP contribution is -2.14. The second-order valence-corrected chi connectivity index (χ2v) is 5.37. The van der Waals surface area contributed by atoms with Crippen molar-refractivity contribution < 1.29 is 0 Å². The van der Waals surface area contributed by atoms with Crippen molar-refractivity contribution in [3.8, 4) is 0 Å². The molecule has 0 saturated carbocycles. The Kier molecular flexibility index (Phi) is 3.52. The zero-order valence-corrected chi connectivity index (χ0v) is 12.0. The highest BCUT2D eigenvalue weighted by atomic mass is 32.1. The van der Waals surface area contributed by atoms with Gasteiger partial charge in [0, 0.05) is 29.1 Å². The normalized spacial score (nSPS) is 10.8. The largest absolute Gasteiger partial charge is 0.370 e. The molecule has 0 aliphatic rings. The van der Waals surface area contributed by atoms with Crippen LogP contribution in [-0.2, 0) is 6.54 Å². The Hall–Kier alpha value is -2.14. The molecule has 5 heteroatoms. The molecule has 0 unspecified atom stereocenters. The molecule has 0 radical (unpaired) electrons. The van der Waals surface area contributed by atoms with Gasteiger partial charge in [-0.15, -0.1) is 0 Å². The van der Waals surface area contributed by atoms with Crippen LogP contribution in [0.4, 0.5) is 5.82 Å². The lowest BCUT2D eigenvalue weighted by molar-refractivity contribution is 0.782. The molecule has 2 aromatic heterocycles. The third-order valence-corrected chi connectivity index (χ3v) is 3.83. The van der Waals surface area contributed by atoms with E-state index in [0.717, 1.165) is 28.8 Å². The van der Waals surface area contributed by atoms with E-state index in [1.807, 2.05) is 42.8 Å². The molecular formula is C15H15N3OS. The predicted octanol–water partition coefficient (Wildman–Crippen LogP) is 2.94. The first-order valence-corrected chi connectivity index (χ1v) is 7.42. The van der Waals surface area contributed by atoms with Crippen LogP contribution in [0.1, 0.15) is 12.5 Å². The van der Waals surface area contributed by atoms with E-state index in [1.165, 1.54) is 11.3 Å². The molecule has 20 heavy (non-hydrogen) atoms. The fourth-order valence-corrected chi connectivity index (χ4v) is 2.78. The average molecular weight is 285 g/mol. The van der Waals surface area contributed by atoms with Crippen LogP contribution in [0.2, 0.25) is 0 Å². The molecule has 4 nitrogen and oxygen atoms in total. The molecule has 0 aliphatic heterocycles. The van der Waals surface area contributed by atoms with E-state index in [9.17, 15) is 4.79 Å². The Bertz CT molecular complexity index is 791. The number of hydrogen-bond donors (Lipinski definition) is 1. The van der Waals surface area contributed by atoms with Crippen molar-refractivity contribution in [1.82, 2.24) is 9.55 Å². The van der Waals surface area contributed by atoms with E-state index in [-0.39, 0.29) is 4.87 Å². The third-order valence-electron chi connectivity index (χ3n) is 3.13. The van der Waals surface area contributed by atoms with Gasteiger partial charge in [0.25, 0.3) is 0 Å². The Labute approximate surface area is 120 Å². The summed E-state index contributed by atoms with van der Waals surface area (Å²) in [4.78, 5) is 16.4. The first-order valence-electron chi connectivity index (χ1n) is 6.54. The quantitative estimate of drug-likeness (QED) is 0.801. The molecule has 3 aromatic rings. The number of hydrogen-bond acceptors (Lipinski definition) is 4. The maximum absolute atomic E-state index is 11.7. The number of benzene rings is 1. The van der Waals surface area contributed by atoms with Crippen LogP contribution in [0.15, 0.2) is 46.7 Å². The van der Waals surface area contributed by atoms with E-state index in [4.69, 9.17) is 0 Å². The van der Waals surface area contributed by atoms with Crippen LogP contribution in [-0.4, -0.2) is 16.1 Å². The van der Waals surface area contributed by atoms with E-state index in [0.29, 0.717) is 6.54 Å². The number of fused-ring (bicyclic) bond motifs is 1. The Balaban J connectivity index is 2.09. The van der Waals surface area contributed by atoms with Gasteiger partial charge in [0.05, 0.1) is 12.1 Å². The minimum Gasteiger partial charge on any atom is -0.370 e. The van der Waals surface area contributed by atoms with Crippen LogP contribution in [0.25, 0.3) is 10.9 Å². The van der Waals surface area contributed by atoms with E-state index < -0.39 is 0 Å². The fraction of sp³-hybridized carbons (Fsp3) is 0.200. The summed E-state index contributed by atoms with van der Waals surface area (Å²) in [6, 6.07) is 10.1. The molecular weight excluding hydrogens is 270 g/mol. The number of nitrogens with zero attached hydrogens (tertiary/aromatic N) is 2. The van der Waals surface area contributed by atoms with Crippen LogP contribution >= 0.6 is 11.3 Å². The van der Waals surface area contributed by atoms with Crippen LogP contribution in [0.3, 0.4) is 0 Å². The maximum Gasteiger partial charge on any atom is 0.307 e. The highest BCUT2D eigenvalue weighted by molar-refractivity contribution is 7.07. The molecule has 3 rings (SSSR count). The van der Waals surface area contributed by atoms with Crippen molar-refractivity contribution in [2.75, 3.05) is 11.9 Å². The molecule has 0 saturated heterocycles. The first kappa shape index (κ1) is 12.9. The number of thiazole rings is 1. The lowest BCUT2D eigenvalue weighted by atomic mass is 10.1. The van der Waals surface area contributed by atoms with E-state index >= 15 is 0 Å². The molecule has 0 fully saturated rings. The van der Waals surface area contributed by atoms with Crippen molar-refractivity contribution in [2.24, 2.45) is 0 Å². The molecule has 0 aliphatic carbocycles. The van der Waals surface area contributed by atoms with Crippen LogP contribution < -0.4 is 10.2 Å². The highest BCUT2D eigenvalue weighted by Crippen LogP contribution is 2.21. The monoisotopic (exact) mass is 285 g/mol. The third kappa shape index (κ3) is 2.44. The minimum absolute atomic E-state index is 0.0561.